The number of nitrogens with zero attached hydrogens (tertiary/aromatic N) is 2. The van der Waals surface area contributed by atoms with Crippen LogP contribution in [-0.2, 0) is 10.1 Å². The summed E-state index contributed by atoms with van der Waals surface area (Å²) in [5.74, 6) is 0.924. The normalized spacial score (nSPS) is 18.4. The quantitative estimate of drug-likeness (QED) is 0.259. The lowest BCUT2D eigenvalue weighted by atomic mass is 9.84. The number of fused-ring (bicyclic) bond motifs is 4. The van der Waals surface area contributed by atoms with Crippen LogP contribution in [0.1, 0.15) is 63.3 Å². The van der Waals surface area contributed by atoms with Crippen LogP contribution in [0.2, 0.25) is 0 Å². The maximum absolute atomic E-state index is 12.0. The van der Waals surface area contributed by atoms with E-state index in [9.17, 15) is 13.0 Å². The third-order valence-corrected chi connectivity index (χ3v) is 9.59. The standard InChI is InChI=1S/C34H36N2O4S/c1-8-21-18-33(2,3)35(6)28-16-30-26(14-24(21)28)32(22-12-10-9-11-13-22)27-15-25-23(20-41(37,38)39)19-34(4,5)36(7)29(25)17-31(27)40-30/h9-19H,8,20H2,1-7H3. The molecule has 0 unspecified atom stereocenters. The molecule has 0 saturated heterocycles. The Bertz CT molecular complexity index is 1920. The van der Waals surface area contributed by atoms with Crippen molar-refractivity contribution >= 4 is 32.5 Å². The van der Waals surface area contributed by atoms with Crippen molar-refractivity contribution in [3.05, 3.63) is 99.6 Å². The van der Waals surface area contributed by atoms with Gasteiger partial charge >= 0.3 is 0 Å². The number of benzene rings is 3. The van der Waals surface area contributed by atoms with Gasteiger partial charge in [0.25, 0.3) is 0 Å². The van der Waals surface area contributed by atoms with Gasteiger partial charge in [-0.15, -0.1) is 0 Å². The summed E-state index contributed by atoms with van der Waals surface area (Å²) in [6, 6.07) is 18.6. The van der Waals surface area contributed by atoms with Crippen LogP contribution in [0.3, 0.4) is 0 Å². The Morgan fingerprint density at radius 3 is 2.27 bits per heavy atom. The zero-order valence-corrected chi connectivity index (χ0v) is 25.5. The Balaban J connectivity index is 1.71. The van der Waals surface area contributed by atoms with Crippen molar-refractivity contribution in [3.63, 3.8) is 0 Å². The Morgan fingerprint density at radius 2 is 1.61 bits per heavy atom. The molecular weight excluding hydrogens is 532 g/mol. The van der Waals surface area contributed by atoms with E-state index in [1.807, 2.05) is 57.3 Å². The summed E-state index contributed by atoms with van der Waals surface area (Å²) in [5.41, 5.74) is 6.87. The van der Waals surface area contributed by atoms with Crippen LogP contribution >= 0.6 is 0 Å². The van der Waals surface area contributed by atoms with E-state index in [2.05, 4.69) is 67.6 Å². The highest BCUT2D eigenvalue weighted by molar-refractivity contribution is 7.86. The predicted octanol–water partition coefficient (Wildman–Crippen LogP) is 4.90. The molecule has 3 aromatic rings. The molecule has 0 fully saturated rings. The SMILES string of the molecule is CCC1=CC(C)(C)[N+](C)=c2cc3c(cc21)=C(c1ccccc1)c1cc2c(cc1O3)N(C)C(C)(C)C=C2CS(=O)(=O)[O-]. The van der Waals surface area contributed by atoms with Crippen molar-refractivity contribution in [2.75, 3.05) is 24.7 Å². The van der Waals surface area contributed by atoms with Gasteiger partial charge in [0.2, 0.25) is 5.36 Å². The largest absolute Gasteiger partial charge is 0.748 e. The van der Waals surface area contributed by atoms with Crippen molar-refractivity contribution in [2.45, 2.75) is 52.1 Å². The molecule has 212 valence electrons. The summed E-state index contributed by atoms with van der Waals surface area (Å²) in [6.45, 7) is 10.6. The maximum Gasteiger partial charge on any atom is 0.211 e. The van der Waals surface area contributed by atoms with Gasteiger partial charge in [0.15, 0.2) is 5.54 Å². The molecule has 7 heteroatoms. The Hall–Kier alpha value is -3.68. The summed E-state index contributed by atoms with van der Waals surface area (Å²) < 4.78 is 44.9. The van der Waals surface area contributed by atoms with E-state index in [0.29, 0.717) is 11.3 Å². The number of hydrogen-bond donors (Lipinski definition) is 0. The molecule has 41 heavy (non-hydrogen) atoms. The number of likely N-dealkylation sites (N-methyl/N-ethyl adjacent to an activating group) is 2. The first-order chi connectivity index (χ1) is 19.2. The van der Waals surface area contributed by atoms with E-state index in [1.54, 1.807) is 0 Å². The van der Waals surface area contributed by atoms with Gasteiger partial charge in [-0.1, -0.05) is 43.3 Å². The molecule has 3 aliphatic heterocycles. The second-order valence-corrected chi connectivity index (χ2v) is 13.8. The highest BCUT2D eigenvalue weighted by atomic mass is 32.2. The van der Waals surface area contributed by atoms with Gasteiger partial charge < -0.3 is 14.2 Å². The Kier molecular flexibility index (Phi) is 6.14. The summed E-state index contributed by atoms with van der Waals surface area (Å²) in [6.07, 6.45) is 5.15. The van der Waals surface area contributed by atoms with Gasteiger partial charge in [-0.05, 0) is 55.2 Å². The Morgan fingerprint density at radius 1 is 0.902 bits per heavy atom. The number of rotatable bonds is 4. The summed E-state index contributed by atoms with van der Waals surface area (Å²) in [7, 11) is -0.386. The van der Waals surface area contributed by atoms with Crippen LogP contribution in [-0.4, -0.2) is 43.9 Å². The van der Waals surface area contributed by atoms with E-state index in [1.165, 1.54) is 11.1 Å². The van der Waals surface area contributed by atoms with E-state index in [4.69, 9.17) is 4.74 Å². The zero-order valence-electron chi connectivity index (χ0n) is 24.7. The summed E-state index contributed by atoms with van der Waals surface area (Å²) in [4.78, 5) is 2.10. The fraction of sp³-hybridized carbons (Fsp3) is 0.324. The lowest BCUT2D eigenvalue weighted by molar-refractivity contribution is 0.432. The fourth-order valence-electron chi connectivity index (χ4n) is 6.37. The predicted molar refractivity (Wildman–Crippen MR) is 165 cm³/mol. The number of allylic oxidation sites excluding steroid dienone is 1. The second-order valence-electron chi connectivity index (χ2n) is 12.4. The van der Waals surface area contributed by atoms with Crippen LogP contribution in [0, 0.1) is 0 Å². The molecule has 0 spiro atoms. The molecule has 0 bridgehead atoms. The van der Waals surface area contributed by atoms with Gasteiger partial charge in [0.1, 0.15) is 18.5 Å². The van der Waals surface area contributed by atoms with Crippen molar-refractivity contribution in [1.29, 1.82) is 0 Å². The van der Waals surface area contributed by atoms with E-state index >= 15 is 0 Å². The van der Waals surface area contributed by atoms with Crippen LogP contribution in [0.5, 0.6) is 11.5 Å². The van der Waals surface area contributed by atoms with Crippen molar-refractivity contribution in [1.82, 2.24) is 4.58 Å². The average Bonchev–Trinajstić information content (AvgIpc) is 2.90. The first-order valence-corrected chi connectivity index (χ1v) is 15.6. The molecule has 6 nitrogen and oxygen atoms in total. The minimum Gasteiger partial charge on any atom is -0.748 e. The van der Waals surface area contributed by atoms with Crippen molar-refractivity contribution < 1.29 is 17.7 Å². The highest BCUT2D eigenvalue weighted by Crippen LogP contribution is 2.46. The smallest absolute Gasteiger partial charge is 0.211 e. The monoisotopic (exact) mass is 568 g/mol. The molecule has 0 N–H and O–H groups in total. The number of anilines is 1. The van der Waals surface area contributed by atoms with Crippen LogP contribution < -0.4 is 24.8 Å². The molecule has 0 radical (unpaired) electrons. The highest BCUT2D eigenvalue weighted by Gasteiger charge is 2.35. The minimum absolute atomic E-state index is 0.136. The molecule has 3 heterocycles. The molecule has 3 aliphatic rings. The second kappa shape index (κ2) is 9.16. The molecule has 3 aromatic carbocycles. The number of hydrogen-bond acceptors (Lipinski definition) is 5. The van der Waals surface area contributed by atoms with E-state index in [-0.39, 0.29) is 5.54 Å². The summed E-state index contributed by atoms with van der Waals surface area (Å²) >= 11 is 0. The molecule has 6 rings (SSSR count). The molecule has 0 atom stereocenters. The first kappa shape index (κ1) is 27.5. The van der Waals surface area contributed by atoms with Gasteiger partial charge in [0, 0.05) is 60.1 Å². The lowest BCUT2D eigenvalue weighted by Crippen LogP contribution is -2.47. The average molecular weight is 569 g/mol. The molecule has 0 saturated carbocycles. The summed E-state index contributed by atoms with van der Waals surface area (Å²) in [5, 5.41) is 2.12. The molecule has 0 amide bonds. The lowest BCUT2D eigenvalue weighted by Gasteiger charge is -2.42. The van der Waals surface area contributed by atoms with Gasteiger partial charge in [-0.25, -0.2) is 13.0 Å². The van der Waals surface area contributed by atoms with Gasteiger partial charge in [0.05, 0.1) is 27.5 Å². The minimum atomic E-state index is -4.49. The molecule has 0 aliphatic carbocycles. The van der Waals surface area contributed by atoms with Crippen LogP contribution in [0.25, 0.3) is 16.7 Å². The third kappa shape index (κ3) is 4.52. The first-order valence-electron chi connectivity index (χ1n) is 14.0. The van der Waals surface area contributed by atoms with Gasteiger partial charge in [-0.3, -0.25) is 0 Å². The maximum atomic E-state index is 12.0. The Labute approximate surface area is 242 Å². The van der Waals surface area contributed by atoms with Crippen molar-refractivity contribution in [3.8, 4) is 11.5 Å². The van der Waals surface area contributed by atoms with Gasteiger partial charge in [-0.2, -0.15) is 0 Å². The third-order valence-electron chi connectivity index (χ3n) is 8.93. The van der Waals surface area contributed by atoms with E-state index < -0.39 is 21.4 Å². The topological polar surface area (TPSA) is 72.7 Å². The van der Waals surface area contributed by atoms with Crippen LogP contribution in [0.4, 0.5) is 5.69 Å². The van der Waals surface area contributed by atoms with Crippen LogP contribution in [0.15, 0.2) is 66.7 Å². The van der Waals surface area contributed by atoms with Crippen molar-refractivity contribution in [2.24, 2.45) is 0 Å². The van der Waals surface area contributed by atoms with E-state index in [0.717, 1.165) is 50.7 Å². The number of ether oxygens (including phenoxy) is 1. The fourth-order valence-corrected chi connectivity index (χ4v) is 6.99. The molecule has 0 aromatic heterocycles. The zero-order chi connectivity index (χ0) is 29.5. The molecular formula is C34H36N2O4S.